The van der Waals surface area contributed by atoms with E-state index in [0.717, 1.165) is 58.7 Å². The molecule has 1 saturated heterocycles. The Hall–Kier alpha value is -2.68. The number of piperazine rings is 1. The van der Waals surface area contributed by atoms with Crippen LogP contribution in [-0.4, -0.2) is 68.1 Å². The molecule has 168 valence electrons. The molecule has 0 unspecified atom stereocenters. The lowest BCUT2D eigenvalue weighted by molar-refractivity contribution is 0.0600. The summed E-state index contributed by atoms with van der Waals surface area (Å²) in [5.41, 5.74) is 2.96. The first-order chi connectivity index (χ1) is 15.5. The molecule has 0 spiro atoms. The van der Waals surface area contributed by atoms with Crippen molar-refractivity contribution < 1.29 is 14.3 Å². The van der Waals surface area contributed by atoms with Gasteiger partial charge in [-0.2, -0.15) is 0 Å². The van der Waals surface area contributed by atoms with Crippen LogP contribution in [0.25, 0.3) is 10.2 Å². The van der Waals surface area contributed by atoms with Gasteiger partial charge < -0.3 is 15.0 Å². The Balaban J connectivity index is 1.24. The van der Waals surface area contributed by atoms with Crippen LogP contribution in [0.2, 0.25) is 5.02 Å². The zero-order valence-corrected chi connectivity index (χ0v) is 19.6. The zero-order valence-electron chi connectivity index (χ0n) is 18.1. The topological polar surface area (TPSA) is 74.8 Å². The predicted octanol–water partition coefficient (Wildman–Crippen LogP) is 3.60. The van der Waals surface area contributed by atoms with Gasteiger partial charge in [0.2, 0.25) is 0 Å². The third-order valence-corrected chi connectivity index (χ3v) is 7.15. The molecule has 0 atom stereocenters. The van der Waals surface area contributed by atoms with E-state index in [1.165, 1.54) is 7.11 Å². The number of anilines is 1. The first-order valence-corrected chi connectivity index (χ1v) is 11.6. The van der Waals surface area contributed by atoms with E-state index < -0.39 is 5.97 Å². The fraction of sp³-hybridized carbons (Fsp3) is 0.348. The predicted molar refractivity (Wildman–Crippen MR) is 128 cm³/mol. The van der Waals surface area contributed by atoms with Crippen LogP contribution in [0.4, 0.5) is 5.13 Å². The van der Waals surface area contributed by atoms with Gasteiger partial charge in [-0.1, -0.05) is 22.9 Å². The van der Waals surface area contributed by atoms with Gasteiger partial charge in [0.25, 0.3) is 5.91 Å². The Morgan fingerprint density at radius 3 is 2.47 bits per heavy atom. The summed E-state index contributed by atoms with van der Waals surface area (Å²) in [7, 11) is 1.33. The van der Waals surface area contributed by atoms with Crippen LogP contribution in [0.3, 0.4) is 0 Å². The molecule has 0 saturated carbocycles. The molecular weight excluding hydrogens is 448 g/mol. The molecule has 3 aromatic rings. The molecule has 0 radical (unpaired) electrons. The van der Waals surface area contributed by atoms with Crippen LogP contribution in [-0.2, 0) is 4.74 Å². The van der Waals surface area contributed by atoms with E-state index in [0.29, 0.717) is 17.7 Å². The number of aromatic nitrogens is 1. The largest absolute Gasteiger partial charge is 0.465 e. The smallest absolute Gasteiger partial charge is 0.337 e. The molecule has 0 bridgehead atoms. The molecule has 2 heterocycles. The molecule has 4 rings (SSSR count). The standard InChI is InChI=1S/C23H25ClN4O3S/c1-15-18(24)7-8-19-20(15)26-23(32-19)28-13-11-27(12-14-28)10-9-25-21(29)16-3-5-17(6-4-16)22(30)31-2/h3-8H,9-14H2,1-2H3,(H,25,29). The Labute approximate surface area is 195 Å². The van der Waals surface area contributed by atoms with Crippen molar-refractivity contribution in [2.75, 3.05) is 51.3 Å². The first kappa shape index (κ1) is 22.5. The quantitative estimate of drug-likeness (QED) is 0.552. The van der Waals surface area contributed by atoms with Crippen molar-refractivity contribution in [3.8, 4) is 0 Å². The van der Waals surface area contributed by atoms with Crippen molar-refractivity contribution in [2.45, 2.75) is 6.92 Å². The second-order valence-corrected chi connectivity index (χ2v) is 9.09. The maximum atomic E-state index is 12.3. The van der Waals surface area contributed by atoms with Gasteiger partial charge in [0, 0.05) is 49.9 Å². The fourth-order valence-electron chi connectivity index (χ4n) is 3.69. The van der Waals surface area contributed by atoms with Crippen LogP contribution in [0.1, 0.15) is 26.3 Å². The van der Waals surface area contributed by atoms with Gasteiger partial charge >= 0.3 is 5.97 Å². The Bertz CT molecular complexity index is 1120. The summed E-state index contributed by atoms with van der Waals surface area (Å²) in [5.74, 6) is -0.565. The maximum absolute atomic E-state index is 12.3. The number of methoxy groups -OCH3 is 1. The van der Waals surface area contributed by atoms with Crippen molar-refractivity contribution in [2.24, 2.45) is 0 Å². The number of fused-ring (bicyclic) bond motifs is 1. The average Bonchev–Trinajstić information content (AvgIpc) is 3.26. The molecule has 9 heteroatoms. The summed E-state index contributed by atoms with van der Waals surface area (Å²) in [5, 5.41) is 4.73. The van der Waals surface area contributed by atoms with Gasteiger partial charge in [-0.05, 0) is 48.9 Å². The van der Waals surface area contributed by atoms with Gasteiger partial charge in [0.05, 0.1) is 22.9 Å². The number of thiazole rings is 1. The number of aryl methyl sites for hydroxylation is 1. The molecule has 7 nitrogen and oxygen atoms in total. The number of rotatable bonds is 6. The molecule has 1 aromatic heterocycles. The summed E-state index contributed by atoms with van der Waals surface area (Å²) < 4.78 is 5.83. The van der Waals surface area contributed by atoms with Crippen LogP contribution in [0.15, 0.2) is 36.4 Å². The number of carbonyl (C=O) groups excluding carboxylic acids is 2. The van der Waals surface area contributed by atoms with Crippen molar-refractivity contribution in [3.05, 3.63) is 58.1 Å². The highest BCUT2D eigenvalue weighted by atomic mass is 35.5. The number of carbonyl (C=O) groups is 2. The Morgan fingerprint density at radius 2 is 1.78 bits per heavy atom. The number of nitrogens with zero attached hydrogens (tertiary/aromatic N) is 3. The molecule has 2 aromatic carbocycles. The highest BCUT2D eigenvalue weighted by molar-refractivity contribution is 7.22. The average molecular weight is 473 g/mol. The Morgan fingerprint density at radius 1 is 1.09 bits per heavy atom. The summed E-state index contributed by atoms with van der Waals surface area (Å²) in [6, 6.07) is 10.4. The van der Waals surface area contributed by atoms with E-state index in [4.69, 9.17) is 16.6 Å². The van der Waals surface area contributed by atoms with Crippen molar-refractivity contribution in [3.63, 3.8) is 0 Å². The second kappa shape index (κ2) is 9.85. The number of esters is 1. The molecule has 1 aliphatic rings. The minimum absolute atomic E-state index is 0.149. The van der Waals surface area contributed by atoms with E-state index in [1.807, 2.05) is 19.1 Å². The van der Waals surface area contributed by atoms with Gasteiger partial charge in [-0.25, -0.2) is 9.78 Å². The monoisotopic (exact) mass is 472 g/mol. The summed E-state index contributed by atoms with van der Waals surface area (Å²) in [6.45, 7) is 6.99. The third kappa shape index (κ3) is 4.87. The number of hydrogen-bond donors (Lipinski definition) is 1. The lowest BCUT2D eigenvalue weighted by Crippen LogP contribution is -2.48. The number of amides is 1. The number of benzene rings is 2. The van der Waals surface area contributed by atoms with Crippen LogP contribution >= 0.6 is 22.9 Å². The summed E-state index contributed by atoms with van der Waals surface area (Å²) in [4.78, 5) is 33.3. The fourth-order valence-corrected chi connectivity index (χ4v) is 4.92. The summed E-state index contributed by atoms with van der Waals surface area (Å²) >= 11 is 7.94. The number of hydrogen-bond acceptors (Lipinski definition) is 7. The SMILES string of the molecule is COC(=O)c1ccc(C(=O)NCCN2CCN(c3nc4c(C)c(Cl)ccc4s3)CC2)cc1. The molecular formula is C23H25ClN4O3S. The van der Waals surface area contributed by atoms with E-state index in [9.17, 15) is 9.59 Å². The normalized spacial score (nSPS) is 14.5. The van der Waals surface area contributed by atoms with E-state index >= 15 is 0 Å². The zero-order chi connectivity index (χ0) is 22.7. The van der Waals surface area contributed by atoms with Crippen LogP contribution < -0.4 is 10.2 Å². The summed E-state index contributed by atoms with van der Waals surface area (Å²) in [6.07, 6.45) is 0. The van der Waals surface area contributed by atoms with Gasteiger partial charge in [-0.15, -0.1) is 0 Å². The molecule has 0 aliphatic carbocycles. The van der Waals surface area contributed by atoms with Crippen LogP contribution in [0.5, 0.6) is 0 Å². The lowest BCUT2D eigenvalue weighted by Gasteiger charge is -2.34. The van der Waals surface area contributed by atoms with E-state index in [1.54, 1.807) is 35.6 Å². The van der Waals surface area contributed by atoms with Crippen LogP contribution in [0, 0.1) is 6.92 Å². The lowest BCUT2D eigenvalue weighted by atomic mass is 10.1. The molecule has 1 aliphatic heterocycles. The minimum Gasteiger partial charge on any atom is -0.465 e. The van der Waals surface area contributed by atoms with E-state index in [2.05, 4.69) is 19.9 Å². The number of ether oxygens (including phenoxy) is 1. The number of halogens is 1. The van der Waals surface area contributed by atoms with Gasteiger partial charge in [0.15, 0.2) is 5.13 Å². The van der Waals surface area contributed by atoms with Gasteiger partial charge in [-0.3, -0.25) is 9.69 Å². The maximum Gasteiger partial charge on any atom is 0.337 e. The second-order valence-electron chi connectivity index (χ2n) is 7.67. The molecule has 1 fully saturated rings. The van der Waals surface area contributed by atoms with Crippen molar-refractivity contribution in [1.82, 2.24) is 15.2 Å². The highest BCUT2D eigenvalue weighted by Crippen LogP contribution is 2.33. The van der Waals surface area contributed by atoms with Gasteiger partial charge in [0.1, 0.15) is 0 Å². The number of nitrogens with one attached hydrogen (secondary N) is 1. The Kier molecular flexibility index (Phi) is 6.93. The van der Waals surface area contributed by atoms with Crippen molar-refractivity contribution in [1.29, 1.82) is 0 Å². The molecule has 1 amide bonds. The highest BCUT2D eigenvalue weighted by Gasteiger charge is 2.20. The molecule has 32 heavy (non-hydrogen) atoms. The van der Waals surface area contributed by atoms with E-state index in [-0.39, 0.29) is 5.91 Å². The first-order valence-electron chi connectivity index (χ1n) is 10.5. The minimum atomic E-state index is -0.416. The molecule has 1 N–H and O–H groups in total. The van der Waals surface area contributed by atoms with Crippen molar-refractivity contribution >= 4 is 50.2 Å². The third-order valence-electron chi connectivity index (χ3n) is 5.66.